The zero-order valence-corrected chi connectivity index (χ0v) is 17.2. The molecule has 2 aliphatic rings. The highest BCUT2D eigenvalue weighted by molar-refractivity contribution is 6.06. The van der Waals surface area contributed by atoms with Crippen molar-refractivity contribution in [2.75, 3.05) is 19.6 Å². The van der Waals surface area contributed by atoms with E-state index in [0.29, 0.717) is 44.6 Å². The molecule has 7 heteroatoms. The van der Waals surface area contributed by atoms with E-state index in [4.69, 9.17) is 0 Å². The van der Waals surface area contributed by atoms with Crippen molar-refractivity contribution in [1.29, 1.82) is 0 Å². The summed E-state index contributed by atoms with van der Waals surface area (Å²) < 4.78 is 0. The van der Waals surface area contributed by atoms with Crippen LogP contribution in [0.3, 0.4) is 0 Å². The summed E-state index contributed by atoms with van der Waals surface area (Å²) >= 11 is 0. The fraction of sp³-hybridized carbons (Fsp3) is 0.391. The van der Waals surface area contributed by atoms with Crippen molar-refractivity contribution >= 4 is 17.8 Å². The van der Waals surface area contributed by atoms with Gasteiger partial charge in [0.2, 0.25) is 5.91 Å². The largest absolute Gasteiger partial charge is 0.341 e. The minimum Gasteiger partial charge on any atom is -0.341 e. The lowest BCUT2D eigenvalue weighted by Crippen LogP contribution is -2.47. The van der Waals surface area contributed by atoms with Gasteiger partial charge < -0.3 is 9.80 Å². The summed E-state index contributed by atoms with van der Waals surface area (Å²) in [6.07, 6.45) is 3.20. The molecule has 2 aromatic rings. The number of pyridine rings is 1. The molecule has 4 amide bonds. The summed E-state index contributed by atoms with van der Waals surface area (Å²) in [5.74, 6) is -0.148. The van der Waals surface area contributed by atoms with Crippen molar-refractivity contribution in [3.63, 3.8) is 0 Å². The van der Waals surface area contributed by atoms with Gasteiger partial charge in [-0.05, 0) is 37.5 Å². The molecule has 30 heavy (non-hydrogen) atoms. The summed E-state index contributed by atoms with van der Waals surface area (Å²) in [6, 6.07) is 15.1. The fourth-order valence-corrected chi connectivity index (χ4v) is 4.22. The first-order valence-electron chi connectivity index (χ1n) is 10.3. The van der Waals surface area contributed by atoms with Gasteiger partial charge in [-0.2, -0.15) is 0 Å². The summed E-state index contributed by atoms with van der Waals surface area (Å²) in [4.78, 5) is 47.8. The monoisotopic (exact) mass is 406 g/mol. The summed E-state index contributed by atoms with van der Waals surface area (Å²) in [7, 11) is 0. The predicted octanol–water partition coefficient (Wildman–Crippen LogP) is 2.47. The smallest absolute Gasteiger partial charge is 0.328 e. The first-order chi connectivity index (χ1) is 14.5. The lowest BCUT2D eigenvalue weighted by atomic mass is 9.96. The van der Waals surface area contributed by atoms with Gasteiger partial charge in [0, 0.05) is 32.3 Å². The first-order valence-corrected chi connectivity index (χ1v) is 10.3. The van der Waals surface area contributed by atoms with E-state index in [1.54, 1.807) is 28.1 Å². The Kier molecular flexibility index (Phi) is 5.53. The molecule has 4 rings (SSSR count). The van der Waals surface area contributed by atoms with Crippen LogP contribution in [0.1, 0.15) is 31.0 Å². The maximum Gasteiger partial charge on any atom is 0.328 e. The van der Waals surface area contributed by atoms with Gasteiger partial charge in [-0.1, -0.05) is 36.4 Å². The Morgan fingerprint density at radius 3 is 2.53 bits per heavy atom. The third-order valence-corrected chi connectivity index (χ3v) is 6.09. The van der Waals surface area contributed by atoms with Gasteiger partial charge in [0.1, 0.15) is 5.54 Å². The molecule has 1 atom stereocenters. The second-order valence-corrected chi connectivity index (χ2v) is 8.04. The van der Waals surface area contributed by atoms with Crippen LogP contribution in [-0.4, -0.2) is 62.7 Å². The molecule has 0 N–H and O–H groups in total. The van der Waals surface area contributed by atoms with Gasteiger partial charge in [0.05, 0.1) is 12.2 Å². The Morgan fingerprint density at radius 2 is 1.80 bits per heavy atom. The molecular weight excluding hydrogens is 380 g/mol. The Morgan fingerprint density at radius 1 is 1.03 bits per heavy atom. The van der Waals surface area contributed by atoms with E-state index in [9.17, 15) is 14.4 Å². The highest BCUT2D eigenvalue weighted by atomic mass is 16.2. The third-order valence-electron chi connectivity index (χ3n) is 6.09. The average Bonchev–Trinajstić information content (AvgIpc) is 2.90. The maximum atomic E-state index is 13.1. The minimum absolute atomic E-state index is 0.0638. The van der Waals surface area contributed by atoms with Crippen LogP contribution in [0, 0.1) is 0 Å². The number of carbonyl (C=O) groups is 3. The topological polar surface area (TPSA) is 73.8 Å². The number of hydrogen-bond acceptors (Lipinski definition) is 4. The molecule has 0 spiro atoms. The zero-order valence-electron chi connectivity index (χ0n) is 17.2. The van der Waals surface area contributed by atoms with Crippen LogP contribution in [0.25, 0.3) is 0 Å². The van der Waals surface area contributed by atoms with Gasteiger partial charge >= 0.3 is 6.03 Å². The first kappa shape index (κ1) is 20.1. The van der Waals surface area contributed by atoms with Gasteiger partial charge in [-0.25, -0.2) is 4.79 Å². The third kappa shape index (κ3) is 3.79. The molecule has 2 aliphatic heterocycles. The minimum atomic E-state index is -0.916. The number of urea groups is 1. The van der Waals surface area contributed by atoms with E-state index < -0.39 is 5.54 Å². The molecule has 2 fully saturated rings. The van der Waals surface area contributed by atoms with Crippen molar-refractivity contribution < 1.29 is 14.4 Å². The number of fused-ring (bicyclic) bond motifs is 1. The molecule has 156 valence electrons. The van der Waals surface area contributed by atoms with Crippen LogP contribution in [-0.2, 0) is 22.6 Å². The van der Waals surface area contributed by atoms with Crippen LogP contribution in [0.5, 0.6) is 0 Å². The van der Waals surface area contributed by atoms with E-state index in [2.05, 4.69) is 4.98 Å². The van der Waals surface area contributed by atoms with E-state index in [0.717, 1.165) is 5.56 Å². The molecule has 0 bridgehead atoms. The quantitative estimate of drug-likeness (QED) is 0.715. The Hall–Kier alpha value is -3.22. The van der Waals surface area contributed by atoms with Crippen LogP contribution >= 0.6 is 0 Å². The average molecular weight is 406 g/mol. The molecule has 1 unspecified atom stereocenters. The van der Waals surface area contributed by atoms with E-state index in [1.807, 2.05) is 43.3 Å². The molecule has 7 nitrogen and oxygen atoms in total. The number of aromatic nitrogens is 1. The normalized spacial score (nSPS) is 21.6. The molecule has 2 saturated heterocycles. The lowest BCUT2D eigenvalue weighted by Gasteiger charge is -2.28. The second-order valence-electron chi connectivity index (χ2n) is 8.04. The summed E-state index contributed by atoms with van der Waals surface area (Å²) in [6.45, 7) is 3.25. The van der Waals surface area contributed by atoms with Crippen LogP contribution in [0.15, 0.2) is 54.7 Å². The zero-order chi connectivity index (χ0) is 21.1. The highest BCUT2D eigenvalue weighted by Gasteiger charge is 2.54. The number of amides is 4. The number of nitrogens with zero attached hydrogens (tertiary/aromatic N) is 4. The number of carbonyl (C=O) groups excluding carboxylic acids is 3. The summed E-state index contributed by atoms with van der Waals surface area (Å²) in [5.41, 5.74) is 0.891. The second kappa shape index (κ2) is 8.26. The van der Waals surface area contributed by atoms with Gasteiger partial charge in [0.25, 0.3) is 5.91 Å². The maximum absolute atomic E-state index is 13.1. The van der Waals surface area contributed by atoms with Crippen molar-refractivity contribution in [1.82, 2.24) is 19.7 Å². The van der Waals surface area contributed by atoms with E-state index in [1.165, 1.54) is 4.90 Å². The molecule has 3 heterocycles. The predicted molar refractivity (Wildman–Crippen MR) is 111 cm³/mol. The Balaban J connectivity index is 1.41. The van der Waals surface area contributed by atoms with Crippen molar-refractivity contribution in [3.8, 4) is 0 Å². The molecule has 0 radical (unpaired) electrons. The van der Waals surface area contributed by atoms with E-state index >= 15 is 0 Å². The molecule has 0 aliphatic carbocycles. The van der Waals surface area contributed by atoms with Gasteiger partial charge in [0.15, 0.2) is 0 Å². The van der Waals surface area contributed by atoms with Gasteiger partial charge in [-0.15, -0.1) is 0 Å². The number of hydrogen-bond donors (Lipinski definition) is 0. The van der Waals surface area contributed by atoms with Crippen LogP contribution in [0.2, 0.25) is 0 Å². The number of imide groups is 1. The Labute approximate surface area is 176 Å². The number of aryl methyl sites for hydroxylation is 1. The molecule has 1 aromatic heterocycles. The highest BCUT2D eigenvalue weighted by Crippen LogP contribution is 2.33. The van der Waals surface area contributed by atoms with Crippen molar-refractivity contribution in [3.05, 3.63) is 66.0 Å². The lowest BCUT2D eigenvalue weighted by molar-refractivity contribution is -0.134. The van der Waals surface area contributed by atoms with Crippen LogP contribution in [0.4, 0.5) is 4.79 Å². The van der Waals surface area contributed by atoms with E-state index in [-0.39, 0.29) is 24.4 Å². The van der Waals surface area contributed by atoms with Crippen molar-refractivity contribution in [2.45, 2.75) is 38.3 Å². The summed E-state index contributed by atoms with van der Waals surface area (Å²) in [5, 5.41) is 0. The molecular formula is C23H26N4O3. The molecule has 1 aromatic carbocycles. The number of benzene rings is 1. The van der Waals surface area contributed by atoms with Gasteiger partial charge in [-0.3, -0.25) is 19.5 Å². The molecule has 0 saturated carbocycles. The van der Waals surface area contributed by atoms with Crippen LogP contribution < -0.4 is 0 Å². The SMILES string of the molecule is CC12CCN(C(=O)CCc3ccccc3)CCN1C(=O)N(Cc1ccccn1)C2=O. The fourth-order valence-electron chi connectivity index (χ4n) is 4.22. The Bertz CT molecular complexity index is 934. The van der Waals surface area contributed by atoms with Crippen molar-refractivity contribution in [2.24, 2.45) is 0 Å². The number of rotatable bonds is 5. The standard InChI is InChI=1S/C23H26N4O3/c1-23-12-14-25(20(28)11-10-18-7-3-2-4-8-18)15-16-27(23)22(30)26(21(23)29)17-19-9-5-6-13-24-19/h2-9,13H,10-12,14-17H2,1H3.